The Labute approximate surface area is 168 Å². The van der Waals surface area contributed by atoms with Crippen molar-refractivity contribution in [3.8, 4) is 0 Å². The van der Waals surface area contributed by atoms with E-state index in [9.17, 15) is 0 Å². The number of amidine groups is 1. The van der Waals surface area contributed by atoms with E-state index in [1.54, 1.807) is 6.08 Å². The van der Waals surface area contributed by atoms with Crippen LogP contribution in [0.25, 0.3) is 0 Å². The number of nitrogens with zero attached hydrogens (tertiary/aromatic N) is 4. The third kappa shape index (κ3) is 4.16. The number of hydrazone groups is 1. The van der Waals surface area contributed by atoms with Crippen molar-refractivity contribution >= 4 is 12.2 Å². The summed E-state index contributed by atoms with van der Waals surface area (Å²) >= 11 is 0. The molecule has 0 aliphatic carbocycles. The topological polar surface area (TPSA) is 78.5 Å². The molecule has 0 bridgehead atoms. The summed E-state index contributed by atoms with van der Waals surface area (Å²) in [6.07, 6.45) is 14.3. The number of aliphatic imine (C=N–C) groups is 1. The lowest BCUT2D eigenvalue weighted by atomic mass is 9.85. The zero-order valence-electron chi connectivity index (χ0n) is 16.9. The van der Waals surface area contributed by atoms with Gasteiger partial charge in [-0.2, -0.15) is 5.10 Å². The summed E-state index contributed by atoms with van der Waals surface area (Å²) in [6.45, 7) is 9.19. The zero-order chi connectivity index (χ0) is 19.4. The highest BCUT2D eigenvalue weighted by Crippen LogP contribution is 2.38. The van der Waals surface area contributed by atoms with Gasteiger partial charge < -0.3 is 15.8 Å². The molecule has 1 spiro atoms. The van der Waals surface area contributed by atoms with Crippen LogP contribution in [0.5, 0.6) is 0 Å². The Kier molecular flexibility index (Phi) is 6.13. The van der Waals surface area contributed by atoms with E-state index in [-0.39, 0.29) is 0 Å². The number of nitrogens with two attached hydrogens (primary N) is 1. The average Bonchev–Trinajstić information content (AvgIpc) is 3.31. The summed E-state index contributed by atoms with van der Waals surface area (Å²) in [5, 5.41) is 9.78. The van der Waals surface area contributed by atoms with Gasteiger partial charge in [0, 0.05) is 18.6 Å². The van der Waals surface area contributed by atoms with E-state index in [0.29, 0.717) is 23.6 Å². The standard InChI is InChI=1S/C21H34N6O/c1-2-4-19-20(22)24-16-25-27(19)14-7-17-5-6-18(28-17)15-26-13-3-8-21(26)9-11-23-12-10-21/h2,4,16-18,23H,1,3,5-15H2,(H2,22,24,25)/b19-4-/t17-,18+/m1/s1. The number of hydrogen-bond acceptors (Lipinski definition) is 7. The summed E-state index contributed by atoms with van der Waals surface area (Å²) in [5.41, 5.74) is 7.24. The van der Waals surface area contributed by atoms with E-state index >= 15 is 0 Å². The minimum Gasteiger partial charge on any atom is -0.382 e. The highest BCUT2D eigenvalue weighted by Gasteiger charge is 2.43. The van der Waals surface area contributed by atoms with Crippen molar-refractivity contribution in [3.63, 3.8) is 0 Å². The van der Waals surface area contributed by atoms with Gasteiger partial charge in [-0.15, -0.1) is 0 Å². The average molecular weight is 387 g/mol. The molecule has 4 aliphatic heterocycles. The van der Waals surface area contributed by atoms with Gasteiger partial charge >= 0.3 is 0 Å². The molecular weight excluding hydrogens is 352 g/mol. The van der Waals surface area contributed by atoms with Crippen LogP contribution >= 0.6 is 0 Å². The van der Waals surface area contributed by atoms with Gasteiger partial charge in [-0.05, 0) is 70.7 Å². The smallest absolute Gasteiger partial charge is 0.150 e. The molecule has 0 aromatic heterocycles. The van der Waals surface area contributed by atoms with Crippen molar-refractivity contribution in [1.29, 1.82) is 0 Å². The van der Waals surface area contributed by atoms with Gasteiger partial charge in [0.25, 0.3) is 0 Å². The molecule has 3 fully saturated rings. The molecule has 7 nitrogen and oxygen atoms in total. The number of rotatable bonds is 6. The van der Waals surface area contributed by atoms with E-state index in [1.807, 2.05) is 11.1 Å². The number of piperidine rings is 1. The predicted molar refractivity (Wildman–Crippen MR) is 113 cm³/mol. The number of likely N-dealkylation sites (tertiary alicyclic amines) is 1. The predicted octanol–water partition coefficient (Wildman–Crippen LogP) is 1.83. The molecule has 2 atom stereocenters. The second-order valence-electron chi connectivity index (χ2n) is 8.43. The molecule has 28 heavy (non-hydrogen) atoms. The van der Waals surface area contributed by atoms with Crippen LogP contribution in [0.4, 0.5) is 0 Å². The Bertz CT molecular complexity index is 651. The summed E-state index contributed by atoms with van der Waals surface area (Å²) in [7, 11) is 0. The number of hydrogen-bond donors (Lipinski definition) is 2. The lowest BCUT2D eigenvalue weighted by Gasteiger charge is -2.43. The van der Waals surface area contributed by atoms with E-state index in [1.165, 1.54) is 38.6 Å². The fourth-order valence-electron chi connectivity index (χ4n) is 5.25. The fraction of sp³-hybridized carbons (Fsp3) is 0.714. The molecule has 0 amide bonds. The minimum atomic E-state index is 0.303. The normalized spacial score (nSPS) is 31.6. The third-order valence-electron chi connectivity index (χ3n) is 6.76. The summed E-state index contributed by atoms with van der Waals surface area (Å²) < 4.78 is 6.43. The molecule has 3 N–H and O–H groups in total. The summed E-state index contributed by atoms with van der Waals surface area (Å²) in [4.78, 5) is 6.82. The van der Waals surface area contributed by atoms with E-state index in [2.05, 4.69) is 26.9 Å². The Morgan fingerprint density at radius 3 is 2.93 bits per heavy atom. The molecule has 7 heteroatoms. The van der Waals surface area contributed by atoms with Crippen molar-refractivity contribution in [1.82, 2.24) is 15.2 Å². The monoisotopic (exact) mass is 386 g/mol. The molecule has 0 aromatic rings. The zero-order valence-corrected chi connectivity index (χ0v) is 16.9. The largest absolute Gasteiger partial charge is 0.382 e. The van der Waals surface area contributed by atoms with Crippen LogP contribution < -0.4 is 11.1 Å². The van der Waals surface area contributed by atoms with Crippen molar-refractivity contribution in [2.24, 2.45) is 15.8 Å². The van der Waals surface area contributed by atoms with E-state index < -0.39 is 0 Å². The molecule has 4 heterocycles. The summed E-state index contributed by atoms with van der Waals surface area (Å²) in [5.74, 6) is 0.487. The highest BCUT2D eigenvalue weighted by atomic mass is 16.5. The quantitative estimate of drug-likeness (QED) is 0.728. The van der Waals surface area contributed by atoms with Gasteiger partial charge in [0.15, 0.2) is 5.84 Å². The van der Waals surface area contributed by atoms with Gasteiger partial charge in [-0.3, -0.25) is 9.91 Å². The van der Waals surface area contributed by atoms with Crippen molar-refractivity contribution in [2.75, 3.05) is 32.7 Å². The van der Waals surface area contributed by atoms with Crippen molar-refractivity contribution in [2.45, 2.75) is 62.7 Å². The molecule has 154 valence electrons. The molecule has 0 aromatic carbocycles. The van der Waals surface area contributed by atoms with Gasteiger partial charge in [-0.25, -0.2) is 4.99 Å². The molecule has 0 saturated carbocycles. The molecule has 0 unspecified atom stereocenters. The van der Waals surface area contributed by atoms with Crippen LogP contribution in [0.2, 0.25) is 0 Å². The number of allylic oxidation sites excluding steroid dienone is 2. The molecule has 4 aliphatic rings. The maximum atomic E-state index is 6.43. The maximum Gasteiger partial charge on any atom is 0.150 e. The number of ether oxygens (including phenoxy) is 1. The van der Waals surface area contributed by atoms with Gasteiger partial charge in [0.2, 0.25) is 0 Å². The SMILES string of the molecule is C=C/C=C1/C(N)=NC=NN1CC[C@H]1CC[C@@H](CN2CCCC23CCNCC3)O1. The number of nitrogens with one attached hydrogen (secondary N) is 1. The van der Waals surface area contributed by atoms with Crippen LogP contribution in [0.15, 0.2) is 34.5 Å². The highest BCUT2D eigenvalue weighted by molar-refractivity contribution is 6.01. The lowest BCUT2D eigenvalue weighted by Crippen LogP contribution is -2.52. The third-order valence-corrected chi connectivity index (χ3v) is 6.76. The van der Waals surface area contributed by atoms with E-state index in [4.69, 9.17) is 10.5 Å². The molecule has 4 rings (SSSR count). The van der Waals surface area contributed by atoms with Crippen molar-refractivity contribution < 1.29 is 4.74 Å². The first kappa shape index (κ1) is 19.6. The second kappa shape index (κ2) is 8.76. The maximum absolute atomic E-state index is 6.43. The van der Waals surface area contributed by atoms with Crippen LogP contribution in [-0.4, -0.2) is 72.6 Å². The van der Waals surface area contributed by atoms with Gasteiger partial charge in [-0.1, -0.05) is 12.7 Å². The van der Waals surface area contributed by atoms with Gasteiger partial charge in [0.05, 0.1) is 12.2 Å². The van der Waals surface area contributed by atoms with Crippen LogP contribution in [-0.2, 0) is 4.74 Å². The van der Waals surface area contributed by atoms with Gasteiger partial charge in [0.1, 0.15) is 12.0 Å². The van der Waals surface area contributed by atoms with E-state index in [0.717, 1.165) is 51.1 Å². The van der Waals surface area contributed by atoms with Crippen molar-refractivity contribution in [3.05, 3.63) is 24.4 Å². The Morgan fingerprint density at radius 2 is 2.11 bits per heavy atom. The second-order valence-corrected chi connectivity index (χ2v) is 8.43. The first-order valence-corrected chi connectivity index (χ1v) is 10.8. The first-order chi connectivity index (χ1) is 13.7. The lowest BCUT2D eigenvalue weighted by molar-refractivity contribution is -0.00647. The molecule has 3 saturated heterocycles. The van der Waals surface area contributed by atoms with Crippen LogP contribution in [0.3, 0.4) is 0 Å². The Morgan fingerprint density at radius 1 is 1.29 bits per heavy atom. The Balaban J connectivity index is 1.27. The Hall–Kier alpha value is -1.70. The molecular formula is C21H34N6O. The summed E-state index contributed by atoms with van der Waals surface area (Å²) in [6, 6.07) is 0. The fourth-order valence-corrected chi connectivity index (χ4v) is 5.25. The van der Waals surface area contributed by atoms with Crippen LogP contribution in [0, 0.1) is 0 Å². The first-order valence-electron chi connectivity index (χ1n) is 10.8. The molecule has 0 radical (unpaired) electrons. The van der Waals surface area contributed by atoms with Crippen LogP contribution in [0.1, 0.15) is 44.9 Å². The minimum absolute atomic E-state index is 0.303.